The van der Waals surface area contributed by atoms with E-state index in [0.29, 0.717) is 0 Å². The Morgan fingerprint density at radius 1 is 1.00 bits per heavy atom. The van der Waals surface area contributed by atoms with Crippen molar-refractivity contribution in [1.29, 1.82) is 0 Å². The smallest absolute Gasteiger partial charge is 0.000496 e. The van der Waals surface area contributed by atoms with E-state index in [0.717, 1.165) is 0 Å². The summed E-state index contributed by atoms with van der Waals surface area (Å²) in [6.07, 6.45) is 3.75. The Hall–Kier alpha value is -0.0457. The van der Waals surface area contributed by atoms with Gasteiger partial charge in [-0.1, -0.05) is 0 Å². The third-order valence-corrected chi connectivity index (χ3v) is 0.496. The predicted molar refractivity (Wildman–Crippen MR) is 40.4 cm³/mol. The van der Waals surface area contributed by atoms with E-state index in [9.17, 15) is 0 Å². The van der Waals surface area contributed by atoms with Gasteiger partial charge in [0.05, 0.1) is 0 Å². The monoisotopic (exact) mass is 174 g/mol. The standard InChI is InChI=1S/C4H5N.C3H9N.Ti/c1-2-4-5-3-1;1-4(2)3;/h1-5H;1-3H3;. The first-order chi connectivity index (χ1) is 4.23. The van der Waals surface area contributed by atoms with Gasteiger partial charge in [0.1, 0.15) is 0 Å². The van der Waals surface area contributed by atoms with Gasteiger partial charge in [0.2, 0.25) is 0 Å². The van der Waals surface area contributed by atoms with Gasteiger partial charge in [0.25, 0.3) is 0 Å². The maximum Gasteiger partial charge on any atom is 0.000496 e. The van der Waals surface area contributed by atoms with Crippen LogP contribution in [0.1, 0.15) is 0 Å². The van der Waals surface area contributed by atoms with Gasteiger partial charge in [0.15, 0.2) is 0 Å². The molecule has 0 atom stereocenters. The van der Waals surface area contributed by atoms with Gasteiger partial charge in [-0.2, -0.15) is 0 Å². The van der Waals surface area contributed by atoms with E-state index in [1.807, 2.05) is 50.6 Å². The van der Waals surface area contributed by atoms with Gasteiger partial charge in [-0.15, -0.1) is 0 Å². The summed E-state index contributed by atoms with van der Waals surface area (Å²) in [5.41, 5.74) is 0. The van der Waals surface area contributed by atoms with Crippen molar-refractivity contribution in [2.45, 2.75) is 0 Å². The van der Waals surface area contributed by atoms with Gasteiger partial charge in [-0.3, -0.25) is 0 Å². The van der Waals surface area contributed by atoms with Crippen molar-refractivity contribution in [3.63, 3.8) is 0 Å². The maximum atomic E-state index is 2.86. The van der Waals surface area contributed by atoms with E-state index < -0.39 is 0 Å². The molecule has 0 aliphatic heterocycles. The van der Waals surface area contributed by atoms with Crippen molar-refractivity contribution >= 4 is 0 Å². The average Bonchev–Trinajstić information content (AvgIpc) is 2.11. The molecule has 0 bridgehead atoms. The minimum absolute atomic E-state index is 0. The van der Waals surface area contributed by atoms with Crippen molar-refractivity contribution in [2.24, 2.45) is 0 Å². The first kappa shape index (κ1) is 12.6. The van der Waals surface area contributed by atoms with Crippen LogP contribution in [0, 0.1) is 0 Å². The third kappa shape index (κ3) is 15.7. The Morgan fingerprint density at radius 3 is 1.40 bits per heavy atom. The topological polar surface area (TPSA) is 19.0 Å². The number of rotatable bonds is 0. The Bertz CT molecular complexity index is 95.2. The molecule has 1 N–H and O–H groups in total. The molecule has 0 saturated heterocycles. The second-order valence-electron chi connectivity index (χ2n) is 2.23. The molecule has 56 valence electrons. The van der Waals surface area contributed by atoms with Gasteiger partial charge in [-0.25, -0.2) is 0 Å². The Kier molecular flexibility index (Phi) is 11.3. The second kappa shape index (κ2) is 8.95. The Balaban J connectivity index is 0. The SMILES string of the molecule is CN(C)C.[Ti].c1cc[nH]c1. The van der Waals surface area contributed by atoms with Gasteiger partial charge >= 0.3 is 0 Å². The summed E-state index contributed by atoms with van der Waals surface area (Å²) in [6, 6.07) is 3.89. The summed E-state index contributed by atoms with van der Waals surface area (Å²) in [6.45, 7) is 0. The van der Waals surface area contributed by atoms with Crippen molar-refractivity contribution in [3.05, 3.63) is 24.5 Å². The van der Waals surface area contributed by atoms with Gasteiger partial charge in [-0.05, 0) is 33.3 Å². The van der Waals surface area contributed by atoms with Gasteiger partial charge < -0.3 is 9.88 Å². The van der Waals surface area contributed by atoms with Crippen molar-refractivity contribution in [3.8, 4) is 0 Å². The van der Waals surface area contributed by atoms with Gasteiger partial charge in [0, 0.05) is 34.1 Å². The molecule has 0 saturated carbocycles. The summed E-state index contributed by atoms with van der Waals surface area (Å²) >= 11 is 0. The quantitative estimate of drug-likeness (QED) is 0.585. The van der Waals surface area contributed by atoms with Crippen LogP contribution in [0.3, 0.4) is 0 Å². The zero-order valence-corrected chi connectivity index (χ0v) is 8.32. The van der Waals surface area contributed by atoms with Crippen LogP contribution in [0.5, 0.6) is 0 Å². The number of hydrogen-bond donors (Lipinski definition) is 1. The fourth-order valence-corrected chi connectivity index (χ4v) is 0.278. The molecular weight excluding hydrogens is 160 g/mol. The van der Waals surface area contributed by atoms with Crippen LogP contribution < -0.4 is 0 Å². The van der Waals surface area contributed by atoms with Crippen LogP contribution >= 0.6 is 0 Å². The number of hydrogen-bond acceptors (Lipinski definition) is 1. The zero-order chi connectivity index (χ0) is 7.11. The van der Waals surface area contributed by atoms with Crippen molar-refractivity contribution in [1.82, 2.24) is 9.88 Å². The molecule has 0 aliphatic rings. The second-order valence-corrected chi connectivity index (χ2v) is 2.23. The van der Waals surface area contributed by atoms with Crippen LogP contribution in [-0.4, -0.2) is 31.0 Å². The Labute approximate surface area is 77.5 Å². The number of nitrogens with one attached hydrogen (secondary N) is 1. The summed E-state index contributed by atoms with van der Waals surface area (Å²) in [5.74, 6) is 0. The van der Waals surface area contributed by atoms with E-state index in [1.54, 1.807) is 0 Å². The van der Waals surface area contributed by atoms with E-state index >= 15 is 0 Å². The molecule has 1 aromatic rings. The van der Waals surface area contributed by atoms with Crippen LogP contribution in [0.4, 0.5) is 0 Å². The number of aromatic nitrogens is 1. The van der Waals surface area contributed by atoms with Crippen molar-refractivity contribution in [2.75, 3.05) is 21.1 Å². The summed E-state index contributed by atoms with van der Waals surface area (Å²) in [5, 5.41) is 0. The molecular formula is C7H14N2Ti. The molecule has 3 heteroatoms. The molecule has 0 radical (unpaired) electrons. The normalized spacial score (nSPS) is 7.60. The summed E-state index contributed by atoms with van der Waals surface area (Å²) in [7, 11) is 6.00. The molecule has 0 aliphatic carbocycles. The summed E-state index contributed by atoms with van der Waals surface area (Å²) in [4.78, 5) is 4.86. The molecule has 0 fully saturated rings. The predicted octanol–water partition coefficient (Wildman–Crippen LogP) is 1.19. The van der Waals surface area contributed by atoms with E-state index in [2.05, 4.69) is 4.98 Å². The maximum absolute atomic E-state index is 2.86. The minimum atomic E-state index is 0. The molecule has 2 nitrogen and oxygen atoms in total. The first-order valence-corrected chi connectivity index (χ1v) is 2.92. The largest absolute Gasteiger partial charge is 0.368 e. The molecule has 1 rings (SSSR count). The molecule has 0 spiro atoms. The molecule has 0 amide bonds. The van der Waals surface area contributed by atoms with Crippen LogP contribution in [0.25, 0.3) is 0 Å². The molecule has 0 unspecified atom stereocenters. The third-order valence-electron chi connectivity index (χ3n) is 0.496. The molecule has 1 heterocycles. The average molecular weight is 174 g/mol. The fraction of sp³-hybridized carbons (Fsp3) is 0.429. The van der Waals surface area contributed by atoms with Crippen LogP contribution in [-0.2, 0) is 21.7 Å². The fourth-order valence-electron chi connectivity index (χ4n) is 0.278. The van der Waals surface area contributed by atoms with E-state index in [1.165, 1.54) is 0 Å². The Morgan fingerprint density at radius 2 is 1.30 bits per heavy atom. The number of H-pyrrole nitrogens is 1. The van der Waals surface area contributed by atoms with E-state index in [-0.39, 0.29) is 21.7 Å². The minimum Gasteiger partial charge on any atom is -0.368 e. The van der Waals surface area contributed by atoms with Crippen LogP contribution in [0.15, 0.2) is 24.5 Å². The molecule has 1 aromatic heterocycles. The number of aromatic amines is 1. The zero-order valence-electron chi connectivity index (χ0n) is 6.76. The molecule has 0 aromatic carbocycles. The summed E-state index contributed by atoms with van der Waals surface area (Å²) < 4.78 is 0. The van der Waals surface area contributed by atoms with E-state index in [4.69, 9.17) is 0 Å². The molecule has 10 heavy (non-hydrogen) atoms. The van der Waals surface area contributed by atoms with Crippen LogP contribution in [0.2, 0.25) is 0 Å². The van der Waals surface area contributed by atoms with Crippen molar-refractivity contribution < 1.29 is 21.7 Å². The first-order valence-electron chi connectivity index (χ1n) is 2.92. The number of nitrogens with zero attached hydrogens (tertiary/aromatic N) is 1.